The van der Waals surface area contributed by atoms with E-state index in [-0.39, 0.29) is 0 Å². The number of hydrogen-bond donors (Lipinski definition) is 2. The van der Waals surface area contributed by atoms with E-state index in [1.165, 1.54) is 0 Å². The normalized spacial score (nSPS) is 10.1. The summed E-state index contributed by atoms with van der Waals surface area (Å²) in [7, 11) is 1.59. The molecule has 6 nitrogen and oxygen atoms in total. The van der Waals surface area contributed by atoms with E-state index in [9.17, 15) is 4.79 Å². The average molecular weight is 329 g/mol. The lowest BCUT2D eigenvalue weighted by atomic mass is 10.1. The van der Waals surface area contributed by atoms with E-state index in [0.29, 0.717) is 19.0 Å². The van der Waals surface area contributed by atoms with Gasteiger partial charge in [-0.1, -0.05) is 13.0 Å². The first-order valence-electron chi connectivity index (χ1n) is 7.89. The van der Waals surface area contributed by atoms with Gasteiger partial charge in [0.15, 0.2) is 0 Å². The van der Waals surface area contributed by atoms with Crippen LogP contribution in [-0.4, -0.2) is 24.8 Å². The number of aryl methyl sites for hydroxylation is 1. The van der Waals surface area contributed by atoms with Crippen molar-refractivity contribution in [2.75, 3.05) is 24.4 Å². The fraction of sp³-hybridized carbons (Fsp3) is 0.333. The minimum absolute atomic E-state index is 0.417. The van der Waals surface area contributed by atoms with Crippen LogP contribution in [-0.2, 0) is 11.3 Å². The van der Waals surface area contributed by atoms with Crippen LogP contribution in [0, 0.1) is 6.92 Å². The summed E-state index contributed by atoms with van der Waals surface area (Å²) in [6.07, 6.45) is 2.15. The molecular weight excluding hydrogens is 306 g/mol. The van der Waals surface area contributed by atoms with Gasteiger partial charge in [-0.25, -0.2) is 9.78 Å². The van der Waals surface area contributed by atoms with Crippen molar-refractivity contribution >= 4 is 17.5 Å². The molecule has 1 heterocycles. The summed E-state index contributed by atoms with van der Waals surface area (Å²) in [6.45, 7) is 4.97. The number of aromatic nitrogens is 1. The highest BCUT2D eigenvalue weighted by Gasteiger charge is 2.06. The molecule has 1 aromatic carbocycles. The van der Waals surface area contributed by atoms with Crippen LogP contribution in [0.3, 0.4) is 0 Å². The quantitative estimate of drug-likeness (QED) is 0.804. The Hall–Kier alpha value is -2.76. The number of carbonyl (C=O) groups is 1. The Morgan fingerprint density at radius 3 is 2.71 bits per heavy atom. The van der Waals surface area contributed by atoms with E-state index in [1.807, 2.05) is 44.2 Å². The second-order valence-electron chi connectivity index (χ2n) is 5.35. The number of ether oxygens (including phenoxy) is 2. The van der Waals surface area contributed by atoms with Crippen molar-refractivity contribution in [1.29, 1.82) is 0 Å². The minimum Gasteiger partial charge on any atom is -0.481 e. The van der Waals surface area contributed by atoms with Crippen LogP contribution in [0.1, 0.15) is 24.5 Å². The van der Waals surface area contributed by atoms with Gasteiger partial charge in [-0.2, -0.15) is 0 Å². The third-order valence-electron chi connectivity index (χ3n) is 3.40. The van der Waals surface area contributed by atoms with Gasteiger partial charge in [0, 0.05) is 30.2 Å². The molecule has 0 aliphatic rings. The van der Waals surface area contributed by atoms with E-state index in [0.717, 1.165) is 28.9 Å². The number of pyridine rings is 1. The van der Waals surface area contributed by atoms with Crippen LogP contribution < -0.4 is 15.4 Å². The Balaban J connectivity index is 1.92. The van der Waals surface area contributed by atoms with Gasteiger partial charge in [-0.15, -0.1) is 0 Å². The summed E-state index contributed by atoms with van der Waals surface area (Å²) in [5.74, 6) is 0.597. The van der Waals surface area contributed by atoms with E-state index in [2.05, 4.69) is 15.6 Å². The summed E-state index contributed by atoms with van der Waals surface area (Å²) < 4.78 is 10.1. The second-order valence-corrected chi connectivity index (χ2v) is 5.35. The van der Waals surface area contributed by atoms with Gasteiger partial charge in [0.2, 0.25) is 5.88 Å². The van der Waals surface area contributed by atoms with Crippen LogP contribution in [0.4, 0.5) is 16.2 Å². The van der Waals surface area contributed by atoms with E-state index in [1.54, 1.807) is 13.3 Å². The standard InChI is InChI=1S/C18H23N3O3/c1-4-9-24-18(22)21-16-7-6-15(10-13(16)2)19-11-14-5-8-17(23-3)20-12-14/h5-8,10,12,19H,4,9,11H2,1-3H3,(H,21,22). The maximum atomic E-state index is 11.6. The molecule has 0 spiro atoms. The summed E-state index contributed by atoms with van der Waals surface area (Å²) in [5.41, 5.74) is 3.73. The maximum absolute atomic E-state index is 11.6. The van der Waals surface area contributed by atoms with Crippen LogP contribution in [0.5, 0.6) is 5.88 Å². The predicted octanol–water partition coefficient (Wildman–Crippen LogP) is 3.97. The van der Waals surface area contributed by atoms with Gasteiger partial charge in [-0.05, 0) is 42.7 Å². The Morgan fingerprint density at radius 2 is 2.08 bits per heavy atom. The molecular formula is C18H23N3O3. The molecule has 0 radical (unpaired) electrons. The monoisotopic (exact) mass is 329 g/mol. The van der Waals surface area contributed by atoms with Crippen molar-refractivity contribution in [3.05, 3.63) is 47.7 Å². The Bertz CT molecular complexity index is 672. The number of benzene rings is 1. The molecule has 0 saturated carbocycles. The van der Waals surface area contributed by atoms with Crippen molar-refractivity contribution in [1.82, 2.24) is 4.98 Å². The lowest BCUT2D eigenvalue weighted by Crippen LogP contribution is -2.14. The zero-order valence-electron chi connectivity index (χ0n) is 14.3. The van der Waals surface area contributed by atoms with E-state index < -0.39 is 6.09 Å². The van der Waals surface area contributed by atoms with E-state index in [4.69, 9.17) is 9.47 Å². The molecule has 1 aromatic heterocycles. The highest BCUT2D eigenvalue weighted by Crippen LogP contribution is 2.20. The Kier molecular flexibility index (Phi) is 6.42. The molecule has 6 heteroatoms. The molecule has 0 atom stereocenters. The van der Waals surface area contributed by atoms with Gasteiger partial charge in [0.05, 0.1) is 13.7 Å². The summed E-state index contributed by atoms with van der Waals surface area (Å²) in [4.78, 5) is 15.8. The maximum Gasteiger partial charge on any atom is 0.411 e. The third kappa shape index (κ3) is 5.15. The molecule has 0 aliphatic carbocycles. The first-order valence-corrected chi connectivity index (χ1v) is 7.89. The van der Waals surface area contributed by atoms with Crippen molar-refractivity contribution in [3.63, 3.8) is 0 Å². The summed E-state index contributed by atoms with van der Waals surface area (Å²) in [6, 6.07) is 9.55. The average Bonchev–Trinajstić information content (AvgIpc) is 2.60. The van der Waals surface area contributed by atoms with Crippen LogP contribution in [0.25, 0.3) is 0 Å². The smallest absolute Gasteiger partial charge is 0.411 e. The molecule has 2 rings (SSSR count). The fourth-order valence-electron chi connectivity index (χ4n) is 2.10. The number of amides is 1. The fourth-order valence-corrected chi connectivity index (χ4v) is 2.10. The zero-order chi connectivity index (χ0) is 17.4. The molecule has 0 aliphatic heterocycles. The molecule has 0 fully saturated rings. The number of nitrogens with one attached hydrogen (secondary N) is 2. The molecule has 0 bridgehead atoms. The number of anilines is 2. The van der Waals surface area contributed by atoms with Crippen LogP contribution in [0.15, 0.2) is 36.5 Å². The van der Waals surface area contributed by atoms with Crippen molar-refractivity contribution in [3.8, 4) is 5.88 Å². The van der Waals surface area contributed by atoms with Gasteiger partial charge in [0.1, 0.15) is 0 Å². The number of methoxy groups -OCH3 is 1. The molecule has 0 saturated heterocycles. The zero-order valence-corrected chi connectivity index (χ0v) is 14.3. The number of rotatable bonds is 7. The summed E-state index contributed by atoms with van der Waals surface area (Å²) >= 11 is 0. The van der Waals surface area contributed by atoms with Crippen molar-refractivity contribution in [2.45, 2.75) is 26.8 Å². The highest BCUT2D eigenvalue weighted by molar-refractivity contribution is 5.86. The topological polar surface area (TPSA) is 72.5 Å². The lowest BCUT2D eigenvalue weighted by Gasteiger charge is -2.12. The second kappa shape index (κ2) is 8.76. The number of carbonyl (C=O) groups excluding carboxylic acids is 1. The molecule has 0 unspecified atom stereocenters. The first-order chi connectivity index (χ1) is 11.6. The predicted molar refractivity (Wildman–Crippen MR) is 94.6 cm³/mol. The van der Waals surface area contributed by atoms with Crippen molar-refractivity contribution < 1.29 is 14.3 Å². The minimum atomic E-state index is -0.426. The first kappa shape index (κ1) is 17.6. The Labute approximate surface area is 142 Å². The molecule has 1 amide bonds. The molecule has 2 N–H and O–H groups in total. The highest BCUT2D eigenvalue weighted by atomic mass is 16.5. The largest absolute Gasteiger partial charge is 0.481 e. The van der Waals surface area contributed by atoms with Gasteiger partial charge in [0.25, 0.3) is 0 Å². The molecule has 128 valence electrons. The van der Waals surface area contributed by atoms with Gasteiger partial charge < -0.3 is 14.8 Å². The van der Waals surface area contributed by atoms with E-state index >= 15 is 0 Å². The van der Waals surface area contributed by atoms with Crippen LogP contribution in [0.2, 0.25) is 0 Å². The number of nitrogens with zero attached hydrogens (tertiary/aromatic N) is 1. The molecule has 2 aromatic rings. The lowest BCUT2D eigenvalue weighted by molar-refractivity contribution is 0.161. The Morgan fingerprint density at radius 1 is 1.25 bits per heavy atom. The SMILES string of the molecule is CCCOC(=O)Nc1ccc(NCc2ccc(OC)nc2)cc1C. The number of hydrogen-bond acceptors (Lipinski definition) is 5. The molecule has 24 heavy (non-hydrogen) atoms. The third-order valence-corrected chi connectivity index (χ3v) is 3.40. The van der Waals surface area contributed by atoms with Crippen molar-refractivity contribution in [2.24, 2.45) is 0 Å². The summed E-state index contributed by atoms with van der Waals surface area (Å²) in [5, 5.41) is 6.08. The van der Waals surface area contributed by atoms with Gasteiger partial charge >= 0.3 is 6.09 Å². The van der Waals surface area contributed by atoms with Crippen LogP contribution >= 0.6 is 0 Å². The van der Waals surface area contributed by atoms with Gasteiger partial charge in [-0.3, -0.25) is 5.32 Å².